The van der Waals surface area contributed by atoms with Crippen LogP contribution in [0.15, 0.2) is 12.4 Å². The van der Waals surface area contributed by atoms with Crippen LogP contribution in [0, 0.1) is 0 Å². The van der Waals surface area contributed by atoms with Crippen molar-refractivity contribution >= 4 is 11.8 Å². The van der Waals surface area contributed by atoms with Gasteiger partial charge < -0.3 is 15.0 Å². The molecule has 1 aromatic rings. The van der Waals surface area contributed by atoms with Crippen molar-refractivity contribution in [1.29, 1.82) is 0 Å². The number of carbonyl (C=O) groups is 1. The van der Waals surface area contributed by atoms with Crippen LogP contribution in [0.1, 0.15) is 36.2 Å². The molecule has 2 unspecified atom stereocenters. The summed E-state index contributed by atoms with van der Waals surface area (Å²) < 4.78 is 4.66. The number of carbonyl (C=O) groups excluding carboxylic acids is 1. The maximum absolute atomic E-state index is 11.4. The van der Waals surface area contributed by atoms with Gasteiger partial charge in [0.1, 0.15) is 5.82 Å². The molecule has 0 spiro atoms. The summed E-state index contributed by atoms with van der Waals surface area (Å²) in [6.07, 6.45) is 7.95. The molecule has 3 rings (SSSR count). The first-order valence-corrected chi connectivity index (χ1v) is 7.17. The summed E-state index contributed by atoms with van der Waals surface area (Å²) >= 11 is 0. The van der Waals surface area contributed by atoms with Gasteiger partial charge in [-0.3, -0.25) is 4.98 Å². The normalized spacial score (nSPS) is 26.1. The van der Waals surface area contributed by atoms with Crippen molar-refractivity contribution in [3.8, 4) is 0 Å². The van der Waals surface area contributed by atoms with Crippen molar-refractivity contribution in [3.05, 3.63) is 18.1 Å². The SMILES string of the molecule is COC(=O)c1cncc(NC2CCN3CCCC3C2)n1. The van der Waals surface area contributed by atoms with Gasteiger partial charge in [-0.1, -0.05) is 0 Å². The van der Waals surface area contributed by atoms with E-state index < -0.39 is 5.97 Å². The molecule has 0 bridgehead atoms. The van der Waals surface area contributed by atoms with Crippen LogP contribution >= 0.6 is 0 Å². The van der Waals surface area contributed by atoms with Gasteiger partial charge in [0.25, 0.3) is 0 Å². The Labute approximate surface area is 118 Å². The van der Waals surface area contributed by atoms with Crippen molar-refractivity contribution in [2.75, 3.05) is 25.5 Å². The second kappa shape index (κ2) is 5.75. The molecular formula is C14H20N4O2. The third kappa shape index (κ3) is 2.75. The topological polar surface area (TPSA) is 67.3 Å². The summed E-state index contributed by atoms with van der Waals surface area (Å²) in [6.45, 7) is 2.39. The molecule has 1 aromatic heterocycles. The molecule has 0 saturated carbocycles. The Morgan fingerprint density at radius 1 is 1.40 bits per heavy atom. The number of rotatable bonds is 3. The molecule has 0 aliphatic carbocycles. The average Bonchev–Trinajstić information content (AvgIpc) is 2.94. The summed E-state index contributed by atoms with van der Waals surface area (Å²) in [5, 5.41) is 3.40. The lowest BCUT2D eigenvalue weighted by molar-refractivity contribution is 0.0593. The molecule has 6 heteroatoms. The molecule has 0 radical (unpaired) electrons. The molecule has 0 aromatic carbocycles. The van der Waals surface area contributed by atoms with E-state index in [4.69, 9.17) is 0 Å². The van der Waals surface area contributed by atoms with Gasteiger partial charge >= 0.3 is 5.97 Å². The molecule has 20 heavy (non-hydrogen) atoms. The minimum atomic E-state index is -0.452. The molecular weight excluding hydrogens is 256 g/mol. The fourth-order valence-corrected chi connectivity index (χ4v) is 3.20. The predicted octanol–water partition coefficient (Wildman–Crippen LogP) is 1.30. The van der Waals surface area contributed by atoms with Gasteiger partial charge in [0, 0.05) is 18.6 Å². The molecule has 6 nitrogen and oxygen atoms in total. The van der Waals surface area contributed by atoms with Gasteiger partial charge in [-0.05, 0) is 32.2 Å². The highest BCUT2D eigenvalue weighted by atomic mass is 16.5. The number of nitrogens with zero attached hydrogens (tertiary/aromatic N) is 3. The lowest BCUT2D eigenvalue weighted by atomic mass is 9.98. The summed E-state index contributed by atoms with van der Waals surface area (Å²) in [4.78, 5) is 22.3. The highest BCUT2D eigenvalue weighted by Crippen LogP contribution is 2.28. The zero-order valence-electron chi connectivity index (χ0n) is 11.7. The van der Waals surface area contributed by atoms with Crippen LogP contribution in [0.2, 0.25) is 0 Å². The Hall–Kier alpha value is -1.69. The number of fused-ring (bicyclic) bond motifs is 1. The number of aromatic nitrogens is 2. The lowest BCUT2D eigenvalue weighted by Crippen LogP contribution is -2.42. The van der Waals surface area contributed by atoms with Crippen molar-refractivity contribution in [2.45, 2.75) is 37.8 Å². The van der Waals surface area contributed by atoms with E-state index in [1.165, 1.54) is 32.7 Å². The first-order chi connectivity index (χ1) is 9.76. The van der Waals surface area contributed by atoms with E-state index in [9.17, 15) is 4.79 Å². The Kier molecular flexibility index (Phi) is 3.82. The van der Waals surface area contributed by atoms with E-state index in [1.807, 2.05) is 0 Å². The first-order valence-electron chi connectivity index (χ1n) is 7.17. The molecule has 2 fully saturated rings. The molecule has 1 N–H and O–H groups in total. The summed E-state index contributed by atoms with van der Waals surface area (Å²) in [7, 11) is 1.35. The van der Waals surface area contributed by atoms with Gasteiger partial charge in [-0.15, -0.1) is 0 Å². The van der Waals surface area contributed by atoms with E-state index in [2.05, 4.69) is 24.9 Å². The van der Waals surface area contributed by atoms with E-state index in [1.54, 1.807) is 6.20 Å². The van der Waals surface area contributed by atoms with E-state index in [-0.39, 0.29) is 5.69 Å². The molecule has 0 amide bonds. The van der Waals surface area contributed by atoms with Crippen LogP contribution < -0.4 is 5.32 Å². The van der Waals surface area contributed by atoms with Gasteiger partial charge in [-0.2, -0.15) is 0 Å². The quantitative estimate of drug-likeness (QED) is 0.839. The van der Waals surface area contributed by atoms with Crippen LogP contribution in [0.5, 0.6) is 0 Å². The third-order valence-corrected chi connectivity index (χ3v) is 4.20. The van der Waals surface area contributed by atoms with Gasteiger partial charge in [-0.25, -0.2) is 9.78 Å². The molecule has 2 saturated heterocycles. The fourth-order valence-electron chi connectivity index (χ4n) is 3.20. The Balaban J connectivity index is 1.64. The zero-order chi connectivity index (χ0) is 13.9. The second-order valence-corrected chi connectivity index (χ2v) is 5.48. The molecule has 3 heterocycles. The summed E-state index contributed by atoms with van der Waals surface area (Å²) in [5.74, 6) is 0.205. The minimum Gasteiger partial charge on any atom is -0.464 e. The predicted molar refractivity (Wildman–Crippen MR) is 74.6 cm³/mol. The van der Waals surface area contributed by atoms with Crippen LogP contribution in [-0.4, -0.2) is 53.1 Å². The monoisotopic (exact) mass is 276 g/mol. The lowest BCUT2D eigenvalue weighted by Gasteiger charge is -2.35. The standard InChI is InChI=1S/C14H20N4O2/c1-20-14(19)12-8-15-9-13(17-12)16-10-4-6-18-5-2-3-11(18)7-10/h8-11H,2-7H2,1H3,(H,16,17). The molecule has 2 atom stereocenters. The van der Waals surface area contributed by atoms with Crippen LogP contribution in [0.25, 0.3) is 0 Å². The number of piperidine rings is 1. The third-order valence-electron chi connectivity index (χ3n) is 4.20. The number of esters is 1. The summed E-state index contributed by atoms with van der Waals surface area (Å²) in [5.41, 5.74) is 0.246. The first kappa shape index (κ1) is 13.3. The Morgan fingerprint density at radius 3 is 3.15 bits per heavy atom. The number of hydrogen-bond donors (Lipinski definition) is 1. The highest BCUT2D eigenvalue weighted by molar-refractivity contribution is 5.87. The Bertz CT molecular complexity index is 494. The number of nitrogens with one attached hydrogen (secondary N) is 1. The number of hydrogen-bond acceptors (Lipinski definition) is 6. The van der Waals surface area contributed by atoms with Crippen molar-refractivity contribution in [3.63, 3.8) is 0 Å². The maximum Gasteiger partial charge on any atom is 0.358 e. The number of methoxy groups -OCH3 is 1. The largest absolute Gasteiger partial charge is 0.464 e. The van der Waals surface area contributed by atoms with Crippen molar-refractivity contribution in [2.24, 2.45) is 0 Å². The zero-order valence-corrected chi connectivity index (χ0v) is 11.7. The van der Waals surface area contributed by atoms with Crippen molar-refractivity contribution in [1.82, 2.24) is 14.9 Å². The molecule has 2 aliphatic rings. The summed E-state index contributed by atoms with van der Waals surface area (Å²) in [6, 6.07) is 1.12. The van der Waals surface area contributed by atoms with E-state index in [0.29, 0.717) is 17.9 Å². The van der Waals surface area contributed by atoms with Gasteiger partial charge in [0.2, 0.25) is 0 Å². The van der Waals surface area contributed by atoms with Crippen LogP contribution in [-0.2, 0) is 4.74 Å². The highest BCUT2D eigenvalue weighted by Gasteiger charge is 2.31. The number of ether oxygens (including phenoxy) is 1. The molecule has 2 aliphatic heterocycles. The minimum absolute atomic E-state index is 0.246. The van der Waals surface area contributed by atoms with E-state index >= 15 is 0 Å². The average molecular weight is 276 g/mol. The van der Waals surface area contributed by atoms with Gasteiger partial charge in [0.15, 0.2) is 5.69 Å². The second-order valence-electron chi connectivity index (χ2n) is 5.48. The van der Waals surface area contributed by atoms with E-state index in [0.717, 1.165) is 19.4 Å². The number of anilines is 1. The fraction of sp³-hybridized carbons (Fsp3) is 0.643. The van der Waals surface area contributed by atoms with Gasteiger partial charge in [0.05, 0.1) is 19.5 Å². The van der Waals surface area contributed by atoms with Crippen LogP contribution in [0.4, 0.5) is 5.82 Å². The smallest absolute Gasteiger partial charge is 0.358 e. The Morgan fingerprint density at radius 2 is 2.30 bits per heavy atom. The molecule has 108 valence electrons. The van der Waals surface area contributed by atoms with Crippen LogP contribution in [0.3, 0.4) is 0 Å². The van der Waals surface area contributed by atoms with Crippen molar-refractivity contribution < 1.29 is 9.53 Å². The maximum atomic E-state index is 11.4.